The Labute approximate surface area is 166 Å². The van der Waals surface area contributed by atoms with E-state index in [1.807, 2.05) is 0 Å². The van der Waals surface area contributed by atoms with Crippen molar-refractivity contribution in [1.29, 1.82) is 5.26 Å². The van der Waals surface area contributed by atoms with Gasteiger partial charge in [-0.25, -0.2) is 0 Å². The number of rotatable bonds is 5. The summed E-state index contributed by atoms with van der Waals surface area (Å²) in [6.45, 7) is 0. The van der Waals surface area contributed by atoms with Crippen molar-refractivity contribution in [2.45, 2.75) is 5.92 Å². The average Bonchev–Trinajstić information content (AvgIpc) is 3.41. The van der Waals surface area contributed by atoms with E-state index in [0.717, 1.165) is 5.56 Å². The van der Waals surface area contributed by atoms with E-state index in [0.29, 0.717) is 34.1 Å². The average molecular weight is 394 g/mol. The fourth-order valence-electron chi connectivity index (χ4n) is 3.46. The van der Waals surface area contributed by atoms with Crippen LogP contribution in [0, 0.1) is 11.3 Å². The van der Waals surface area contributed by atoms with Crippen molar-refractivity contribution in [1.82, 2.24) is 10.2 Å². The zero-order chi connectivity index (χ0) is 20.5. The lowest BCUT2D eigenvalue weighted by Crippen LogP contribution is -2.20. The second-order valence-electron chi connectivity index (χ2n) is 6.21. The quantitative estimate of drug-likeness (QED) is 0.676. The summed E-state index contributed by atoms with van der Waals surface area (Å²) >= 11 is 0. The van der Waals surface area contributed by atoms with Crippen molar-refractivity contribution in [3.63, 3.8) is 0 Å². The van der Waals surface area contributed by atoms with E-state index in [9.17, 15) is 5.26 Å². The maximum absolute atomic E-state index is 9.70. The Hall–Kier alpha value is -4.06. The minimum Gasteiger partial charge on any atom is -0.493 e. The van der Waals surface area contributed by atoms with Crippen LogP contribution in [0.1, 0.15) is 17.0 Å². The molecule has 3 heterocycles. The summed E-state index contributed by atoms with van der Waals surface area (Å²) in [7, 11) is 4.61. The third-order valence-electron chi connectivity index (χ3n) is 4.77. The smallest absolute Gasteiger partial charge is 0.244 e. The highest BCUT2D eigenvalue weighted by Crippen LogP contribution is 2.48. The number of allylic oxidation sites excluding steroid dienone is 1. The molecule has 1 aromatic carbocycles. The van der Waals surface area contributed by atoms with Crippen molar-refractivity contribution in [3.8, 4) is 40.5 Å². The fraction of sp³-hybridized carbons (Fsp3) is 0.200. The molecule has 3 N–H and O–H groups in total. The van der Waals surface area contributed by atoms with Gasteiger partial charge in [-0.1, -0.05) is 0 Å². The Morgan fingerprint density at radius 2 is 1.90 bits per heavy atom. The van der Waals surface area contributed by atoms with Crippen molar-refractivity contribution in [2.75, 3.05) is 21.3 Å². The fourth-order valence-corrected chi connectivity index (χ4v) is 3.46. The molecule has 1 atom stereocenters. The first-order valence-corrected chi connectivity index (χ1v) is 8.61. The minimum absolute atomic E-state index is 0.00846. The molecule has 0 bridgehead atoms. The van der Waals surface area contributed by atoms with Gasteiger partial charge >= 0.3 is 0 Å². The van der Waals surface area contributed by atoms with E-state index in [-0.39, 0.29) is 17.3 Å². The van der Waals surface area contributed by atoms with E-state index < -0.39 is 5.92 Å². The number of nitrogens with zero attached hydrogens (tertiary/aromatic N) is 2. The third kappa shape index (κ3) is 2.82. The number of aromatic nitrogens is 2. The Bertz CT molecular complexity index is 1100. The van der Waals surface area contributed by atoms with E-state index in [4.69, 9.17) is 29.1 Å². The number of hydrogen-bond donors (Lipinski definition) is 2. The van der Waals surface area contributed by atoms with Gasteiger partial charge in [-0.3, -0.25) is 5.10 Å². The number of nitrogens with one attached hydrogen (secondary N) is 1. The van der Waals surface area contributed by atoms with E-state index >= 15 is 0 Å². The molecule has 1 aliphatic rings. The highest BCUT2D eigenvalue weighted by molar-refractivity contribution is 5.75. The highest BCUT2D eigenvalue weighted by atomic mass is 16.5. The molecule has 9 nitrogen and oxygen atoms in total. The van der Waals surface area contributed by atoms with Crippen LogP contribution in [0.3, 0.4) is 0 Å². The number of aromatic amines is 1. The molecule has 0 fully saturated rings. The maximum atomic E-state index is 9.70. The predicted molar refractivity (Wildman–Crippen MR) is 102 cm³/mol. The first kappa shape index (κ1) is 18.3. The molecular formula is C20H18N4O5. The number of nitriles is 1. The summed E-state index contributed by atoms with van der Waals surface area (Å²) in [4.78, 5) is 0. The van der Waals surface area contributed by atoms with Crippen LogP contribution in [-0.2, 0) is 0 Å². The summed E-state index contributed by atoms with van der Waals surface area (Å²) in [5.41, 5.74) is 9.00. The lowest BCUT2D eigenvalue weighted by molar-refractivity contribution is 0.324. The first-order valence-electron chi connectivity index (χ1n) is 8.61. The van der Waals surface area contributed by atoms with Gasteiger partial charge in [0.15, 0.2) is 11.5 Å². The molecule has 148 valence electrons. The zero-order valence-corrected chi connectivity index (χ0v) is 16.0. The monoisotopic (exact) mass is 394 g/mol. The molecule has 29 heavy (non-hydrogen) atoms. The topological polar surface area (TPSA) is 129 Å². The number of nitrogens with two attached hydrogens (primary N) is 1. The van der Waals surface area contributed by atoms with Gasteiger partial charge in [0, 0.05) is 11.1 Å². The lowest BCUT2D eigenvalue weighted by atomic mass is 9.84. The number of methoxy groups -OCH3 is 3. The van der Waals surface area contributed by atoms with E-state index in [2.05, 4.69) is 16.3 Å². The Balaban J connectivity index is 1.95. The summed E-state index contributed by atoms with van der Waals surface area (Å²) in [6.07, 6.45) is 3.10. The van der Waals surface area contributed by atoms with Crippen molar-refractivity contribution >= 4 is 0 Å². The molecule has 9 heteroatoms. The molecule has 4 rings (SSSR count). The Kier molecular flexibility index (Phi) is 4.52. The number of fused-ring (bicyclic) bond motifs is 1. The molecular weight excluding hydrogens is 376 g/mol. The molecule has 0 amide bonds. The van der Waals surface area contributed by atoms with Crippen LogP contribution >= 0.6 is 0 Å². The number of benzene rings is 1. The normalized spacial score (nSPS) is 15.3. The van der Waals surface area contributed by atoms with Crippen LogP contribution in [-0.4, -0.2) is 31.5 Å². The zero-order valence-electron chi connectivity index (χ0n) is 16.0. The first-order chi connectivity index (χ1) is 14.1. The van der Waals surface area contributed by atoms with Crippen molar-refractivity contribution in [3.05, 3.63) is 53.3 Å². The predicted octanol–water partition coefficient (Wildman–Crippen LogP) is 2.91. The third-order valence-corrected chi connectivity index (χ3v) is 4.77. The molecule has 3 aromatic rings. The van der Waals surface area contributed by atoms with Gasteiger partial charge in [0.05, 0.1) is 51.0 Å². The largest absolute Gasteiger partial charge is 0.493 e. The number of hydrogen-bond acceptors (Lipinski definition) is 8. The van der Waals surface area contributed by atoms with Crippen LogP contribution in [0.5, 0.6) is 23.1 Å². The van der Waals surface area contributed by atoms with Gasteiger partial charge in [-0.15, -0.1) is 5.10 Å². The molecule has 0 spiro atoms. The standard InChI is InChI=1S/C20H18N4O5/c1-25-13-6-11(7-14(26-2)18(13)27-3)17-16-15(10-4-5-28-9-10)12(8-21)19(22)29-20(16)24-23-17/h4-7,9,15H,22H2,1-3H3,(H,23,24)/t15-/m0/s1. The van der Waals surface area contributed by atoms with Crippen molar-refractivity contribution < 1.29 is 23.4 Å². The summed E-state index contributed by atoms with van der Waals surface area (Å²) < 4.78 is 27.1. The van der Waals surface area contributed by atoms with Crippen LogP contribution < -0.4 is 24.7 Å². The maximum Gasteiger partial charge on any atom is 0.244 e. The minimum atomic E-state index is -0.504. The van der Waals surface area contributed by atoms with Crippen LogP contribution in [0.2, 0.25) is 0 Å². The highest BCUT2D eigenvalue weighted by Gasteiger charge is 2.36. The molecule has 1 aliphatic heterocycles. The number of H-pyrrole nitrogens is 1. The van der Waals surface area contributed by atoms with Crippen LogP contribution in [0.4, 0.5) is 0 Å². The number of ether oxygens (including phenoxy) is 4. The molecule has 0 saturated carbocycles. The van der Waals surface area contributed by atoms with E-state index in [1.165, 1.54) is 27.6 Å². The van der Waals surface area contributed by atoms with Gasteiger partial charge in [0.1, 0.15) is 11.6 Å². The summed E-state index contributed by atoms with van der Waals surface area (Å²) in [5, 5.41) is 16.9. The summed E-state index contributed by atoms with van der Waals surface area (Å²) in [6, 6.07) is 7.49. The molecule has 0 saturated heterocycles. The molecule has 0 radical (unpaired) electrons. The number of furan rings is 1. The summed E-state index contributed by atoms with van der Waals surface area (Å²) in [5.74, 6) is 1.23. The molecule has 0 aliphatic carbocycles. The van der Waals surface area contributed by atoms with Gasteiger partial charge in [0.25, 0.3) is 0 Å². The van der Waals surface area contributed by atoms with Gasteiger partial charge in [0.2, 0.25) is 17.5 Å². The van der Waals surface area contributed by atoms with Crippen LogP contribution in [0.25, 0.3) is 11.3 Å². The van der Waals surface area contributed by atoms with Gasteiger partial charge in [-0.05, 0) is 18.2 Å². The molecule has 2 aromatic heterocycles. The second-order valence-corrected chi connectivity index (χ2v) is 6.21. The van der Waals surface area contributed by atoms with E-state index in [1.54, 1.807) is 24.5 Å². The Morgan fingerprint density at radius 1 is 1.17 bits per heavy atom. The SMILES string of the molecule is COc1cc(-c2[nH]nc3c2[C@@H](c2ccoc2)C(C#N)=C(N)O3)cc(OC)c1OC. The van der Waals surface area contributed by atoms with Crippen molar-refractivity contribution in [2.24, 2.45) is 5.73 Å². The Morgan fingerprint density at radius 3 is 2.45 bits per heavy atom. The van der Waals surface area contributed by atoms with Crippen LogP contribution in [0.15, 0.2) is 46.6 Å². The van der Waals surface area contributed by atoms with Gasteiger partial charge < -0.3 is 29.1 Å². The lowest BCUT2D eigenvalue weighted by Gasteiger charge is -2.23. The molecule has 0 unspecified atom stereocenters. The van der Waals surface area contributed by atoms with Gasteiger partial charge in [-0.2, -0.15) is 5.26 Å². The second kappa shape index (κ2) is 7.16.